The maximum Gasteiger partial charge on any atom is 0.410 e. The van der Waals surface area contributed by atoms with Gasteiger partial charge in [-0.2, -0.15) is 0 Å². The Labute approximate surface area is 301 Å². The molecule has 4 amide bonds. The normalized spacial score (nSPS) is 20.6. The lowest BCUT2D eigenvalue weighted by atomic mass is 9.87. The molecular weight excluding hydrogens is 652 g/mol. The zero-order chi connectivity index (χ0) is 36.9. The largest absolute Gasteiger partial charge is 0.476 e. The van der Waals surface area contributed by atoms with Gasteiger partial charge >= 0.3 is 6.09 Å². The minimum Gasteiger partial charge on any atom is -0.476 e. The van der Waals surface area contributed by atoms with Gasteiger partial charge in [-0.25, -0.2) is 4.79 Å². The number of piperidine rings is 1. The van der Waals surface area contributed by atoms with Crippen molar-refractivity contribution in [2.24, 2.45) is 11.8 Å². The van der Waals surface area contributed by atoms with Crippen LogP contribution in [-0.4, -0.2) is 99.1 Å². The van der Waals surface area contributed by atoms with Crippen molar-refractivity contribution in [2.45, 2.75) is 90.0 Å². The minimum atomic E-state index is -1.04. The average Bonchev–Trinajstić information content (AvgIpc) is 3.91. The van der Waals surface area contributed by atoms with E-state index in [0.717, 1.165) is 18.4 Å². The summed E-state index contributed by atoms with van der Waals surface area (Å²) in [5.74, 6) is -1.32. The topological polar surface area (TPSA) is 127 Å². The third-order valence-electron chi connectivity index (χ3n) is 9.38. The Bertz CT molecular complexity index is 1550. The van der Waals surface area contributed by atoms with Gasteiger partial charge in [0.05, 0.1) is 30.2 Å². The summed E-state index contributed by atoms with van der Waals surface area (Å²) in [6.07, 6.45) is 2.57. The van der Waals surface area contributed by atoms with Crippen molar-refractivity contribution < 1.29 is 38.1 Å². The summed E-state index contributed by atoms with van der Waals surface area (Å²) in [6.45, 7) is 10.4. The van der Waals surface area contributed by atoms with E-state index in [1.807, 2.05) is 48.5 Å². The van der Waals surface area contributed by atoms with Crippen LogP contribution in [0, 0.1) is 11.8 Å². The second kappa shape index (κ2) is 16.0. The minimum absolute atomic E-state index is 0.0321. The molecule has 0 aromatic heterocycles. The predicted molar refractivity (Wildman–Crippen MR) is 194 cm³/mol. The highest BCUT2D eigenvalue weighted by Gasteiger charge is 2.45. The third kappa shape index (κ3) is 9.59. The van der Waals surface area contributed by atoms with Crippen LogP contribution < -0.4 is 19.9 Å². The molecule has 2 heterocycles. The number of carbonyl (C=O) groups excluding carboxylic acids is 4. The number of amides is 4. The summed E-state index contributed by atoms with van der Waals surface area (Å²) in [5.41, 5.74) is 0.514. The molecule has 278 valence electrons. The van der Waals surface area contributed by atoms with E-state index >= 15 is 0 Å². The monoisotopic (exact) mass is 706 g/mol. The zero-order valence-electron chi connectivity index (χ0n) is 31.1. The fourth-order valence-corrected chi connectivity index (χ4v) is 6.86. The number of fused-ring (bicyclic) bond motifs is 1. The Morgan fingerprint density at radius 1 is 1.02 bits per heavy atom. The molecule has 1 N–H and O–H groups in total. The van der Waals surface area contributed by atoms with Gasteiger partial charge in [0, 0.05) is 52.2 Å². The van der Waals surface area contributed by atoms with Gasteiger partial charge in [-0.3, -0.25) is 14.4 Å². The van der Waals surface area contributed by atoms with Crippen LogP contribution in [0.25, 0.3) is 0 Å². The van der Waals surface area contributed by atoms with E-state index in [1.165, 1.54) is 4.90 Å². The Morgan fingerprint density at radius 2 is 1.73 bits per heavy atom. The highest BCUT2D eigenvalue weighted by molar-refractivity contribution is 6.04. The second-order valence-electron chi connectivity index (χ2n) is 15.4. The van der Waals surface area contributed by atoms with Crippen molar-refractivity contribution in [3.8, 4) is 5.75 Å². The van der Waals surface area contributed by atoms with Crippen LogP contribution in [0.5, 0.6) is 5.75 Å². The molecule has 0 bridgehead atoms. The number of methoxy groups -OCH3 is 2. The van der Waals surface area contributed by atoms with Gasteiger partial charge in [0.1, 0.15) is 11.4 Å². The van der Waals surface area contributed by atoms with Crippen molar-refractivity contribution in [3.63, 3.8) is 0 Å². The van der Waals surface area contributed by atoms with Gasteiger partial charge in [0.2, 0.25) is 11.8 Å². The van der Waals surface area contributed by atoms with Crippen LogP contribution in [0.2, 0.25) is 0 Å². The van der Waals surface area contributed by atoms with Gasteiger partial charge in [-0.1, -0.05) is 30.3 Å². The number of rotatable bonds is 13. The molecule has 0 spiro atoms. The molecule has 12 nitrogen and oxygen atoms in total. The van der Waals surface area contributed by atoms with E-state index in [4.69, 9.17) is 18.9 Å². The van der Waals surface area contributed by atoms with Gasteiger partial charge in [-0.05, 0) is 90.5 Å². The Balaban J connectivity index is 1.42. The third-order valence-corrected chi connectivity index (χ3v) is 9.38. The summed E-state index contributed by atoms with van der Waals surface area (Å²) in [6, 6.07) is 15.1. The maximum absolute atomic E-state index is 14.7. The fourth-order valence-electron chi connectivity index (χ4n) is 6.86. The maximum atomic E-state index is 14.7. The molecular formula is C39H54N4O8. The van der Waals surface area contributed by atoms with Gasteiger partial charge in [0.15, 0.2) is 5.60 Å². The van der Waals surface area contributed by atoms with Crippen molar-refractivity contribution in [3.05, 3.63) is 54.1 Å². The van der Waals surface area contributed by atoms with Gasteiger partial charge < -0.3 is 39.0 Å². The van der Waals surface area contributed by atoms with Crippen LogP contribution in [0.3, 0.4) is 0 Å². The standard InChI is InChI=1S/C39H54N4O8/c1-38(2,3)51-37(47)41-23-27(34(44)40-29(25-49-7)20-26-12-9-8-10-13-26)21-28(24-41)35(45)43(30-14-15-30)31-16-17-33-32(22-31)42(18-11-19-48-6)36(46)39(4,5)50-33/h8-10,12-13,16-17,22,27-30H,11,14-15,18-21,23-25H2,1-7H3,(H,40,44)/t27-,28+,29+/m0/s1. The van der Waals surface area contributed by atoms with Crippen molar-refractivity contribution in [1.82, 2.24) is 10.2 Å². The quantitative estimate of drug-likeness (QED) is 0.290. The first kappa shape index (κ1) is 38.1. The highest BCUT2D eigenvalue weighted by atomic mass is 16.6. The molecule has 3 aliphatic rings. The summed E-state index contributed by atoms with van der Waals surface area (Å²) < 4.78 is 22.6. The molecule has 1 saturated heterocycles. The van der Waals surface area contributed by atoms with Crippen LogP contribution in [0.15, 0.2) is 48.5 Å². The highest BCUT2D eigenvalue weighted by Crippen LogP contribution is 2.43. The number of hydrogen-bond acceptors (Lipinski definition) is 8. The average molecular weight is 707 g/mol. The SMILES string of the molecule is COCCCN1C(=O)C(C)(C)Oc2ccc(N(C(=O)[C@@H]3C[C@H](C(=O)N[C@@H](COC)Cc4ccccc4)CN(C(=O)OC(C)(C)C)C3)C3CC3)cc21. The molecule has 51 heavy (non-hydrogen) atoms. The molecule has 2 aromatic rings. The molecule has 3 atom stereocenters. The Kier molecular flexibility index (Phi) is 12.0. The van der Waals surface area contributed by atoms with Gasteiger partial charge in [0.25, 0.3) is 5.91 Å². The first-order chi connectivity index (χ1) is 24.2. The number of nitrogens with zero attached hydrogens (tertiary/aromatic N) is 3. The van der Waals surface area contributed by atoms with E-state index in [2.05, 4.69) is 5.32 Å². The van der Waals surface area contributed by atoms with Crippen molar-refractivity contribution in [1.29, 1.82) is 0 Å². The molecule has 5 rings (SSSR count). The number of nitrogens with one attached hydrogen (secondary N) is 1. The van der Waals surface area contributed by atoms with E-state index in [1.54, 1.807) is 58.6 Å². The zero-order valence-corrected chi connectivity index (χ0v) is 31.1. The summed E-state index contributed by atoms with van der Waals surface area (Å²) >= 11 is 0. The van der Waals surface area contributed by atoms with Crippen molar-refractivity contribution >= 4 is 35.2 Å². The molecule has 1 saturated carbocycles. The van der Waals surface area contributed by atoms with E-state index in [0.29, 0.717) is 49.7 Å². The second-order valence-corrected chi connectivity index (χ2v) is 15.4. The Morgan fingerprint density at radius 3 is 2.37 bits per heavy atom. The summed E-state index contributed by atoms with van der Waals surface area (Å²) in [7, 11) is 3.22. The number of ether oxygens (including phenoxy) is 4. The first-order valence-corrected chi connectivity index (χ1v) is 18.0. The van der Waals surface area contributed by atoms with Crippen LogP contribution in [0.4, 0.5) is 16.2 Å². The van der Waals surface area contributed by atoms with Gasteiger partial charge in [-0.15, -0.1) is 0 Å². The van der Waals surface area contributed by atoms with E-state index in [-0.39, 0.29) is 49.3 Å². The molecule has 2 aliphatic heterocycles. The molecule has 0 radical (unpaired) electrons. The lowest BCUT2D eigenvalue weighted by Gasteiger charge is -2.40. The smallest absolute Gasteiger partial charge is 0.410 e. The number of carbonyl (C=O) groups is 4. The number of anilines is 2. The molecule has 12 heteroatoms. The predicted octanol–water partition coefficient (Wildman–Crippen LogP) is 4.97. The van der Waals surface area contributed by atoms with Crippen LogP contribution >= 0.6 is 0 Å². The van der Waals surface area contributed by atoms with E-state index < -0.39 is 29.1 Å². The van der Waals surface area contributed by atoms with Crippen LogP contribution in [0.1, 0.15) is 65.9 Å². The lowest BCUT2D eigenvalue weighted by Crippen LogP contribution is -2.55. The first-order valence-electron chi connectivity index (χ1n) is 18.0. The fraction of sp³-hybridized carbons (Fsp3) is 0.590. The summed E-state index contributed by atoms with van der Waals surface area (Å²) in [5, 5.41) is 3.14. The molecule has 0 unspecified atom stereocenters. The molecule has 2 aromatic carbocycles. The summed E-state index contributed by atoms with van der Waals surface area (Å²) in [4.78, 5) is 60.6. The Hall–Kier alpha value is -4.16. The van der Waals surface area contributed by atoms with E-state index in [9.17, 15) is 19.2 Å². The lowest BCUT2D eigenvalue weighted by molar-refractivity contribution is -0.133. The molecule has 1 aliphatic carbocycles. The number of likely N-dealkylation sites (tertiary alicyclic amines) is 1. The number of benzene rings is 2. The molecule has 2 fully saturated rings. The number of hydrogen-bond donors (Lipinski definition) is 1. The van der Waals surface area contributed by atoms with Crippen LogP contribution in [-0.2, 0) is 35.0 Å². The van der Waals surface area contributed by atoms with Crippen molar-refractivity contribution in [2.75, 3.05) is 56.9 Å².